The highest BCUT2D eigenvalue weighted by molar-refractivity contribution is 5.72. The van der Waals surface area contributed by atoms with Crippen LogP contribution in [-0.4, -0.2) is 64.2 Å². The van der Waals surface area contributed by atoms with Gasteiger partial charge in [0.2, 0.25) is 5.91 Å². The second-order valence-electron chi connectivity index (χ2n) is 4.14. The van der Waals surface area contributed by atoms with E-state index < -0.39 is 18.3 Å². The molecule has 0 aliphatic rings. The molecule has 9 heteroatoms. The third kappa shape index (κ3) is 17.9. The summed E-state index contributed by atoms with van der Waals surface area (Å²) in [6.45, 7) is 8.38. The van der Waals surface area contributed by atoms with Crippen LogP contribution < -0.4 is 16.0 Å². The second-order valence-corrected chi connectivity index (χ2v) is 4.14. The molecule has 0 aliphatic heterocycles. The number of amides is 3. The molecule has 0 aliphatic carbocycles. The number of alkyl carbamates (subject to hydrolysis) is 2. The van der Waals surface area contributed by atoms with E-state index in [1.807, 2.05) is 6.92 Å². The van der Waals surface area contributed by atoms with Crippen molar-refractivity contribution in [2.24, 2.45) is 0 Å². The number of carbonyl (C=O) groups is 3. The van der Waals surface area contributed by atoms with E-state index in [4.69, 9.17) is 14.2 Å². The van der Waals surface area contributed by atoms with E-state index in [0.717, 1.165) is 0 Å². The fourth-order valence-electron chi connectivity index (χ4n) is 1.11. The Kier molecular flexibility index (Phi) is 16.5. The molecule has 0 radical (unpaired) electrons. The van der Waals surface area contributed by atoms with Crippen molar-refractivity contribution in [2.45, 2.75) is 33.8 Å². The lowest BCUT2D eigenvalue weighted by molar-refractivity contribution is -0.118. The minimum Gasteiger partial charge on any atom is -0.447 e. The van der Waals surface area contributed by atoms with Crippen molar-refractivity contribution in [1.82, 2.24) is 16.0 Å². The van der Waals surface area contributed by atoms with Crippen molar-refractivity contribution < 1.29 is 28.6 Å². The van der Waals surface area contributed by atoms with Gasteiger partial charge in [0, 0.05) is 33.7 Å². The molecule has 0 saturated carbocycles. The van der Waals surface area contributed by atoms with Crippen LogP contribution in [0.5, 0.6) is 0 Å². The molecule has 0 aromatic carbocycles. The highest BCUT2D eigenvalue weighted by Gasteiger charge is 2.14. The van der Waals surface area contributed by atoms with Gasteiger partial charge in [-0.05, 0) is 20.8 Å². The lowest BCUT2D eigenvalue weighted by atomic mass is 10.4. The molecule has 0 spiro atoms. The first-order valence-electron chi connectivity index (χ1n) is 7.52. The molecule has 0 rings (SSSR count). The molecule has 0 saturated heterocycles. The van der Waals surface area contributed by atoms with Crippen LogP contribution in [0.3, 0.4) is 0 Å². The molecular formula is C14H29N3O6. The molecule has 0 aromatic heterocycles. The van der Waals surface area contributed by atoms with Crippen molar-refractivity contribution in [3.8, 4) is 0 Å². The van der Waals surface area contributed by atoms with Crippen LogP contribution in [0.2, 0.25) is 0 Å². The summed E-state index contributed by atoms with van der Waals surface area (Å²) in [5, 5.41) is 7.37. The zero-order valence-electron chi connectivity index (χ0n) is 14.6. The van der Waals surface area contributed by atoms with Gasteiger partial charge in [-0.1, -0.05) is 0 Å². The van der Waals surface area contributed by atoms with E-state index in [2.05, 4.69) is 16.0 Å². The lowest BCUT2D eigenvalue weighted by Gasteiger charge is -2.17. The maximum absolute atomic E-state index is 11.1. The van der Waals surface area contributed by atoms with Gasteiger partial charge in [0.1, 0.15) is 19.3 Å². The van der Waals surface area contributed by atoms with Gasteiger partial charge in [-0.25, -0.2) is 9.59 Å². The molecule has 3 amide bonds. The van der Waals surface area contributed by atoms with Gasteiger partial charge >= 0.3 is 12.2 Å². The third-order valence-corrected chi connectivity index (χ3v) is 2.20. The topological polar surface area (TPSA) is 115 Å². The molecule has 0 fully saturated rings. The summed E-state index contributed by atoms with van der Waals surface area (Å²) in [4.78, 5) is 31.9. The predicted molar refractivity (Wildman–Crippen MR) is 85.2 cm³/mol. The lowest BCUT2D eigenvalue weighted by Crippen LogP contribution is -2.34. The number of ether oxygens (including phenoxy) is 3. The largest absolute Gasteiger partial charge is 0.447 e. The van der Waals surface area contributed by atoms with Gasteiger partial charge in [-0.2, -0.15) is 0 Å². The van der Waals surface area contributed by atoms with Crippen LogP contribution in [0.4, 0.5) is 9.59 Å². The highest BCUT2D eigenvalue weighted by Crippen LogP contribution is 1.96. The maximum Gasteiger partial charge on any atom is 0.407 e. The molecule has 0 atom stereocenters. The number of hydrogen-bond acceptors (Lipinski definition) is 6. The molecule has 23 heavy (non-hydrogen) atoms. The number of carbonyl (C=O) groups excluding carboxylic acids is 3. The summed E-state index contributed by atoms with van der Waals surface area (Å²) in [5.74, 6) is 0.00463. The maximum atomic E-state index is 11.1. The number of rotatable bonds is 8. The zero-order chi connectivity index (χ0) is 18.1. The number of hydrogen-bond donors (Lipinski definition) is 3. The summed E-state index contributed by atoms with van der Waals surface area (Å²) in [7, 11) is 1.60. The molecule has 3 N–H and O–H groups in total. The van der Waals surface area contributed by atoms with Gasteiger partial charge in [0.25, 0.3) is 0 Å². The summed E-state index contributed by atoms with van der Waals surface area (Å²) < 4.78 is 15.1. The number of nitrogens with one attached hydrogen (secondary N) is 3. The van der Waals surface area contributed by atoms with E-state index in [1.165, 1.54) is 6.92 Å². The zero-order valence-corrected chi connectivity index (χ0v) is 14.6. The minimum absolute atomic E-state index is 0.00463. The quantitative estimate of drug-likeness (QED) is 0.599. The molecule has 0 aromatic rings. The predicted octanol–water partition coefficient (Wildman–Crippen LogP) is 0.636. The average molecular weight is 335 g/mol. The van der Waals surface area contributed by atoms with E-state index >= 15 is 0 Å². The summed E-state index contributed by atoms with van der Waals surface area (Å²) in [6.07, 6.45) is -1.49. The molecular weight excluding hydrogens is 306 g/mol. The third-order valence-electron chi connectivity index (χ3n) is 2.20. The van der Waals surface area contributed by atoms with Crippen molar-refractivity contribution in [2.75, 3.05) is 40.0 Å². The van der Waals surface area contributed by atoms with E-state index in [1.54, 1.807) is 20.9 Å². The second kappa shape index (κ2) is 16.3. The van der Waals surface area contributed by atoms with Crippen molar-refractivity contribution in [3.63, 3.8) is 0 Å². The highest BCUT2D eigenvalue weighted by atomic mass is 16.6. The standard InChI is InChI=1S/C11H22N2O5.C3H7NO/c1-4-12-10(14)17-7-9(16-6-3)8-18-11(15)13-5-2;1-3(5)4-2/h9H,4-8H2,1-3H3,(H,12,14)(H,13,15);1-2H3,(H,4,5). The Bertz CT molecular complexity index is 316. The molecule has 9 nitrogen and oxygen atoms in total. The van der Waals surface area contributed by atoms with E-state index in [0.29, 0.717) is 19.7 Å². The van der Waals surface area contributed by atoms with Crippen LogP contribution in [-0.2, 0) is 19.0 Å². The normalized spacial score (nSPS) is 9.30. The first-order chi connectivity index (χ1) is 10.9. The smallest absolute Gasteiger partial charge is 0.407 e. The first kappa shape index (κ1) is 23.2. The first-order valence-corrected chi connectivity index (χ1v) is 7.52. The Morgan fingerprint density at radius 2 is 1.30 bits per heavy atom. The van der Waals surface area contributed by atoms with E-state index in [-0.39, 0.29) is 19.1 Å². The molecule has 0 bridgehead atoms. The van der Waals surface area contributed by atoms with Crippen molar-refractivity contribution in [1.29, 1.82) is 0 Å². The molecule has 136 valence electrons. The van der Waals surface area contributed by atoms with Crippen LogP contribution in [0.1, 0.15) is 27.7 Å². The minimum atomic E-state index is -0.514. The van der Waals surface area contributed by atoms with Crippen molar-refractivity contribution in [3.05, 3.63) is 0 Å². The van der Waals surface area contributed by atoms with Crippen LogP contribution in [0.15, 0.2) is 0 Å². The van der Waals surface area contributed by atoms with Gasteiger partial charge in [-0.3, -0.25) is 4.79 Å². The van der Waals surface area contributed by atoms with Gasteiger partial charge in [0.05, 0.1) is 0 Å². The van der Waals surface area contributed by atoms with Crippen LogP contribution in [0.25, 0.3) is 0 Å². The van der Waals surface area contributed by atoms with Crippen LogP contribution in [0, 0.1) is 0 Å². The summed E-state index contributed by atoms with van der Waals surface area (Å²) >= 11 is 0. The Labute approximate surface area is 137 Å². The Morgan fingerprint density at radius 3 is 1.57 bits per heavy atom. The van der Waals surface area contributed by atoms with Crippen molar-refractivity contribution >= 4 is 18.1 Å². The Morgan fingerprint density at radius 1 is 0.913 bits per heavy atom. The molecule has 0 heterocycles. The van der Waals surface area contributed by atoms with Gasteiger partial charge < -0.3 is 30.2 Å². The fourth-order valence-corrected chi connectivity index (χ4v) is 1.11. The SMILES string of the molecule is CCNC(=O)OCC(COC(=O)NCC)OCC.CNC(C)=O. The Balaban J connectivity index is 0. The van der Waals surface area contributed by atoms with E-state index in [9.17, 15) is 14.4 Å². The monoisotopic (exact) mass is 335 g/mol. The summed E-state index contributed by atoms with van der Waals surface area (Å²) in [6, 6.07) is 0. The Hall–Kier alpha value is -2.03. The molecule has 0 unspecified atom stereocenters. The van der Waals surface area contributed by atoms with Gasteiger partial charge in [-0.15, -0.1) is 0 Å². The summed E-state index contributed by atoms with van der Waals surface area (Å²) in [5.41, 5.74) is 0. The van der Waals surface area contributed by atoms with Gasteiger partial charge in [0.15, 0.2) is 0 Å². The average Bonchev–Trinajstić information content (AvgIpc) is 2.51. The van der Waals surface area contributed by atoms with Crippen LogP contribution >= 0.6 is 0 Å². The fraction of sp³-hybridized carbons (Fsp3) is 0.786.